The molecule has 2 aliphatic heterocycles. The molecule has 2 aromatic carbocycles. The van der Waals surface area contributed by atoms with Crippen LogP contribution in [0.15, 0.2) is 59.7 Å². The summed E-state index contributed by atoms with van der Waals surface area (Å²) in [4.78, 5) is 0. The van der Waals surface area contributed by atoms with Gasteiger partial charge in [-0.15, -0.1) is 0 Å². The monoisotopic (exact) mass is 374 g/mol. The first-order valence-corrected chi connectivity index (χ1v) is 11.1. The van der Waals surface area contributed by atoms with Crippen molar-refractivity contribution in [2.24, 2.45) is 5.10 Å². The van der Waals surface area contributed by atoms with Gasteiger partial charge < -0.3 is 4.74 Å². The second kappa shape index (κ2) is 7.62. The maximum atomic E-state index is 6.81. The molecule has 1 fully saturated rings. The largest absolute Gasteiger partial charge is 0.466 e. The average molecular weight is 375 g/mol. The summed E-state index contributed by atoms with van der Waals surface area (Å²) in [7, 11) is 0. The van der Waals surface area contributed by atoms with E-state index in [4.69, 9.17) is 9.84 Å². The Morgan fingerprint density at radius 1 is 0.786 bits per heavy atom. The van der Waals surface area contributed by atoms with Crippen LogP contribution in [0.1, 0.15) is 81.4 Å². The predicted octanol–water partition coefficient (Wildman–Crippen LogP) is 6.45. The maximum absolute atomic E-state index is 6.81. The van der Waals surface area contributed by atoms with Crippen LogP contribution in [0.25, 0.3) is 0 Å². The number of para-hydroxylation sites is 1. The fraction of sp³-hybridized carbons (Fsp3) is 0.480. The lowest BCUT2D eigenvalue weighted by Crippen LogP contribution is -2.53. The highest BCUT2D eigenvalue weighted by Crippen LogP contribution is 2.50. The van der Waals surface area contributed by atoms with Gasteiger partial charge in [0.2, 0.25) is 0 Å². The lowest BCUT2D eigenvalue weighted by molar-refractivity contribution is -0.132. The molecule has 1 spiro atoms. The summed E-state index contributed by atoms with van der Waals surface area (Å²) >= 11 is 0. The van der Waals surface area contributed by atoms with E-state index in [0.29, 0.717) is 6.04 Å². The van der Waals surface area contributed by atoms with Crippen molar-refractivity contribution in [1.82, 2.24) is 5.01 Å². The van der Waals surface area contributed by atoms with Crippen LogP contribution in [0, 0.1) is 0 Å². The van der Waals surface area contributed by atoms with E-state index in [2.05, 4.69) is 59.6 Å². The highest BCUT2D eigenvalue weighted by atomic mass is 16.5. The lowest BCUT2D eigenvalue weighted by Gasteiger charge is -2.48. The molecular weight excluding hydrogens is 344 g/mol. The molecule has 0 N–H and O–H groups in total. The van der Waals surface area contributed by atoms with Gasteiger partial charge in [0, 0.05) is 24.8 Å². The molecule has 0 radical (unpaired) electrons. The summed E-state index contributed by atoms with van der Waals surface area (Å²) in [5, 5.41) is 7.57. The van der Waals surface area contributed by atoms with E-state index < -0.39 is 0 Å². The minimum atomic E-state index is -0.285. The molecule has 2 aromatic rings. The van der Waals surface area contributed by atoms with Crippen LogP contribution in [0.3, 0.4) is 0 Å². The smallest absolute Gasteiger partial charge is 0.198 e. The summed E-state index contributed by atoms with van der Waals surface area (Å²) < 4.78 is 6.81. The van der Waals surface area contributed by atoms with E-state index in [-0.39, 0.29) is 5.72 Å². The van der Waals surface area contributed by atoms with E-state index in [9.17, 15) is 0 Å². The minimum absolute atomic E-state index is 0.285. The number of hydrazone groups is 1. The van der Waals surface area contributed by atoms with Crippen LogP contribution >= 0.6 is 0 Å². The van der Waals surface area contributed by atoms with E-state index in [1.54, 1.807) is 0 Å². The third kappa shape index (κ3) is 3.21. The Morgan fingerprint density at radius 2 is 1.43 bits per heavy atom. The fourth-order valence-corrected chi connectivity index (χ4v) is 5.18. The third-order valence-electron chi connectivity index (χ3n) is 6.65. The molecule has 0 saturated heterocycles. The Hall–Kier alpha value is -2.29. The van der Waals surface area contributed by atoms with Crippen LogP contribution < -0.4 is 4.74 Å². The number of nitrogens with zero attached hydrogens (tertiary/aromatic N) is 2. The van der Waals surface area contributed by atoms with Crippen molar-refractivity contribution < 1.29 is 4.74 Å². The average Bonchev–Trinajstić information content (AvgIpc) is 3.20. The second-order valence-electron chi connectivity index (χ2n) is 8.54. The van der Waals surface area contributed by atoms with Crippen molar-refractivity contribution >= 4 is 5.71 Å². The highest BCUT2D eigenvalue weighted by molar-refractivity contribution is 6.01. The van der Waals surface area contributed by atoms with Crippen molar-refractivity contribution in [2.75, 3.05) is 0 Å². The first-order chi connectivity index (χ1) is 13.9. The Balaban J connectivity index is 1.55. The molecule has 0 bridgehead atoms. The van der Waals surface area contributed by atoms with Gasteiger partial charge in [-0.05, 0) is 24.5 Å². The first kappa shape index (κ1) is 17.8. The molecule has 28 heavy (non-hydrogen) atoms. The summed E-state index contributed by atoms with van der Waals surface area (Å²) in [6, 6.07) is 19.6. The zero-order chi connectivity index (χ0) is 18.8. The third-order valence-corrected chi connectivity index (χ3v) is 6.65. The Labute approximate surface area is 168 Å². The van der Waals surface area contributed by atoms with Crippen LogP contribution in [-0.4, -0.2) is 16.4 Å². The number of hydrogen-bond donors (Lipinski definition) is 0. The lowest BCUT2D eigenvalue weighted by atomic mass is 9.89. The van der Waals surface area contributed by atoms with Gasteiger partial charge in [0.05, 0.1) is 11.8 Å². The molecular formula is C25H30N2O. The molecule has 146 valence electrons. The number of hydrogen-bond acceptors (Lipinski definition) is 3. The van der Waals surface area contributed by atoms with Gasteiger partial charge in [-0.3, -0.25) is 0 Å². The van der Waals surface area contributed by atoms with Crippen molar-refractivity contribution in [3.8, 4) is 5.75 Å². The van der Waals surface area contributed by atoms with Gasteiger partial charge in [0.15, 0.2) is 5.72 Å². The summed E-state index contributed by atoms with van der Waals surface area (Å²) in [6.07, 6.45) is 12.3. The highest BCUT2D eigenvalue weighted by Gasteiger charge is 2.49. The van der Waals surface area contributed by atoms with E-state index in [1.165, 1.54) is 61.8 Å². The van der Waals surface area contributed by atoms with Gasteiger partial charge in [0.25, 0.3) is 0 Å². The Bertz CT molecular complexity index is 835. The molecule has 5 rings (SSSR count). The first-order valence-electron chi connectivity index (χ1n) is 11.1. The van der Waals surface area contributed by atoms with Gasteiger partial charge in [-0.1, -0.05) is 80.6 Å². The van der Waals surface area contributed by atoms with Gasteiger partial charge >= 0.3 is 0 Å². The maximum Gasteiger partial charge on any atom is 0.198 e. The van der Waals surface area contributed by atoms with Crippen molar-refractivity contribution in [2.45, 2.75) is 76.0 Å². The van der Waals surface area contributed by atoms with Gasteiger partial charge in [-0.2, -0.15) is 5.10 Å². The summed E-state index contributed by atoms with van der Waals surface area (Å²) in [5.74, 6) is 1.07. The number of rotatable bonds is 1. The molecule has 0 amide bonds. The predicted molar refractivity (Wildman–Crippen MR) is 114 cm³/mol. The van der Waals surface area contributed by atoms with E-state index in [0.717, 1.165) is 25.0 Å². The zero-order valence-corrected chi connectivity index (χ0v) is 16.6. The standard InChI is InChI=1S/C25H30N2O/c1-2-4-11-17-25(18-12-5-3-1)27-23(21-15-9-10-16-24(21)28-25)19-22(26-27)20-13-7-6-8-14-20/h6-10,13-16,23H,1-5,11-12,17-19H2/t23-/m1/s1. The Kier molecular flexibility index (Phi) is 4.84. The zero-order valence-electron chi connectivity index (χ0n) is 16.6. The van der Waals surface area contributed by atoms with Crippen molar-refractivity contribution in [1.29, 1.82) is 0 Å². The number of ether oxygens (including phenoxy) is 1. The molecule has 0 unspecified atom stereocenters. The van der Waals surface area contributed by atoms with Crippen LogP contribution in [0.2, 0.25) is 0 Å². The van der Waals surface area contributed by atoms with Gasteiger partial charge in [-0.25, -0.2) is 5.01 Å². The van der Waals surface area contributed by atoms with Crippen LogP contribution in [-0.2, 0) is 0 Å². The van der Waals surface area contributed by atoms with E-state index in [1.807, 2.05) is 0 Å². The summed E-state index contributed by atoms with van der Waals surface area (Å²) in [6.45, 7) is 0. The second-order valence-corrected chi connectivity index (χ2v) is 8.54. The topological polar surface area (TPSA) is 24.8 Å². The number of benzene rings is 2. The quantitative estimate of drug-likeness (QED) is 0.573. The summed E-state index contributed by atoms with van der Waals surface area (Å²) in [5.41, 5.74) is 3.44. The van der Waals surface area contributed by atoms with Gasteiger partial charge in [0.1, 0.15) is 5.75 Å². The molecule has 1 aliphatic carbocycles. The number of fused-ring (bicyclic) bond motifs is 4. The van der Waals surface area contributed by atoms with Crippen molar-refractivity contribution in [3.05, 3.63) is 65.7 Å². The normalized spacial score (nSPS) is 24.1. The van der Waals surface area contributed by atoms with E-state index >= 15 is 0 Å². The molecule has 0 aromatic heterocycles. The Morgan fingerprint density at radius 3 is 2.18 bits per heavy atom. The molecule has 3 heteroatoms. The fourth-order valence-electron chi connectivity index (χ4n) is 5.18. The minimum Gasteiger partial charge on any atom is -0.466 e. The molecule has 3 aliphatic rings. The van der Waals surface area contributed by atoms with Crippen LogP contribution in [0.4, 0.5) is 0 Å². The SMILES string of the molecule is c1ccc(C2=NN3[C@H](C2)c2ccccc2OC32CCCCCCCCC2)cc1. The molecule has 1 atom stereocenters. The molecule has 2 heterocycles. The van der Waals surface area contributed by atoms with Crippen molar-refractivity contribution in [3.63, 3.8) is 0 Å². The molecule has 3 nitrogen and oxygen atoms in total. The molecule has 1 saturated carbocycles. The van der Waals surface area contributed by atoms with Crippen LogP contribution in [0.5, 0.6) is 5.75 Å².